The first-order valence-electron chi connectivity index (χ1n) is 7.49. The van der Waals surface area contributed by atoms with Crippen LogP contribution in [0, 0.1) is 18.6 Å². The predicted octanol–water partition coefficient (Wildman–Crippen LogP) is 4.61. The molecule has 0 aliphatic carbocycles. The second kappa shape index (κ2) is 7.49. The molecule has 0 unspecified atom stereocenters. The Morgan fingerprint density at radius 2 is 1.88 bits per heavy atom. The summed E-state index contributed by atoms with van der Waals surface area (Å²) in [5, 5.41) is 13.9. The number of halogens is 3. The fourth-order valence-electron chi connectivity index (χ4n) is 2.20. The van der Waals surface area contributed by atoms with E-state index in [4.69, 9.17) is 16.3 Å². The predicted molar refractivity (Wildman–Crippen MR) is 95.5 cm³/mol. The van der Waals surface area contributed by atoms with Crippen LogP contribution in [0.1, 0.15) is 5.56 Å². The maximum Gasteiger partial charge on any atom is 0.249 e. The summed E-state index contributed by atoms with van der Waals surface area (Å²) >= 11 is 6.09. The van der Waals surface area contributed by atoms with Gasteiger partial charge in [0.05, 0.1) is 24.7 Å². The van der Waals surface area contributed by atoms with E-state index in [0.29, 0.717) is 22.3 Å². The van der Waals surface area contributed by atoms with Crippen LogP contribution in [0.3, 0.4) is 0 Å². The summed E-state index contributed by atoms with van der Waals surface area (Å²) in [7, 11) is 1.52. The van der Waals surface area contributed by atoms with Crippen molar-refractivity contribution in [1.82, 2.24) is 15.2 Å². The van der Waals surface area contributed by atoms with Crippen LogP contribution < -0.4 is 15.4 Å². The van der Waals surface area contributed by atoms with Crippen molar-refractivity contribution >= 4 is 34.7 Å². The first-order chi connectivity index (χ1) is 12.5. The second-order valence-electron chi connectivity index (χ2n) is 5.34. The summed E-state index contributed by atoms with van der Waals surface area (Å²) in [4.78, 5) is 4.21. The van der Waals surface area contributed by atoms with Crippen molar-refractivity contribution in [2.24, 2.45) is 0 Å². The van der Waals surface area contributed by atoms with E-state index < -0.39 is 11.6 Å². The van der Waals surface area contributed by atoms with E-state index in [1.165, 1.54) is 19.4 Å². The Morgan fingerprint density at radius 3 is 2.62 bits per heavy atom. The number of hydrogen-bond donors (Lipinski definition) is 2. The Labute approximate surface area is 153 Å². The molecule has 1 aromatic heterocycles. The van der Waals surface area contributed by atoms with Gasteiger partial charge in [-0.2, -0.15) is 10.1 Å². The number of hydrogen-bond acceptors (Lipinski definition) is 6. The van der Waals surface area contributed by atoms with E-state index in [1.807, 2.05) is 6.92 Å². The summed E-state index contributed by atoms with van der Waals surface area (Å²) in [6.45, 7) is 1.86. The fraction of sp³-hybridized carbons (Fsp3) is 0.118. The quantitative estimate of drug-likeness (QED) is 0.676. The summed E-state index contributed by atoms with van der Waals surface area (Å²) in [6.07, 6.45) is 1.40. The number of benzene rings is 2. The lowest BCUT2D eigenvalue weighted by Gasteiger charge is -2.13. The van der Waals surface area contributed by atoms with E-state index in [1.54, 1.807) is 12.1 Å². The molecular weight excluding hydrogens is 364 g/mol. The monoisotopic (exact) mass is 377 g/mol. The lowest BCUT2D eigenvalue weighted by atomic mass is 10.2. The molecule has 0 saturated heterocycles. The topological polar surface area (TPSA) is 72.0 Å². The average Bonchev–Trinajstić information content (AvgIpc) is 2.61. The Kier molecular flexibility index (Phi) is 5.13. The molecule has 134 valence electrons. The van der Waals surface area contributed by atoms with E-state index in [9.17, 15) is 8.78 Å². The number of methoxy groups -OCH3 is 1. The molecule has 0 spiro atoms. The number of ether oxygens (including phenoxy) is 1. The number of aromatic nitrogens is 3. The van der Waals surface area contributed by atoms with E-state index in [-0.39, 0.29) is 11.6 Å². The molecule has 9 heteroatoms. The van der Waals surface area contributed by atoms with Crippen LogP contribution >= 0.6 is 11.6 Å². The molecule has 0 saturated carbocycles. The van der Waals surface area contributed by atoms with Crippen molar-refractivity contribution in [2.45, 2.75) is 6.92 Å². The average molecular weight is 378 g/mol. The van der Waals surface area contributed by atoms with Gasteiger partial charge in [0.2, 0.25) is 5.95 Å². The zero-order chi connectivity index (χ0) is 18.7. The normalized spacial score (nSPS) is 10.5. The number of nitrogens with one attached hydrogen (secondary N) is 2. The molecule has 0 aliphatic rings. The Balaban J connectivity index is 1.85. The lowest BCUT2D eigenvalue weighted by Crippen LogP contribution is -2.04. The van der Waals surface area contributed by atoms with Gasteiger partial charge in [-0.25, -0.2) is 8.78 Å². The highest BCUT2D eigenvalue weighted by Gasteiger charge is 2.10. The molecule has 0 bridgehead atoms. The van der Waals surface area contributed by atoms with Gasteiger partial charge < -0.3 is 15.4 Å². The molecule has 0 aliphatic heterocycles. The highest BCUT2D eigenvalue weighted by Crippen LogP contribution is 2.32. The van der Waals surface area contributed by atoms with Gasteiger partial charge in [0, 0.05) is 17.2 Å². The standard InChI is InChI=1S/C17H14ClF2N5O/c1-9-5-14(15(26-2)7-11(9)18)22-16-8-21-25-17(24-16)23-13-4-3-10(19)6-12(13)20/h3-8H,1-2H3,(H2,22,23,24,25). The van der Waals surface area contributed by atoms with Gasteiger partial charge in [-0.3, -0.25) is 0 Å². The minimum absolute atomic E-state index is 0.0327. The first-order valence-corrected chi connectivity index (χ1v) is 7.87. The minimum Gasteiger partial charge on any atom is -0.495 e. The van der Waals surface area contributed by atoms with Crippen molar-refractivity contribution in [3.8, 4) is 5.75 Å². The van der Waals surface area contributed by atoms with Crippen LogP contribution in [0.25, 0.3) is 0 Å². The molecule has 3 rings (SSSR count). The van der Waals surface area contributed by atoms with Gasteiger partial charge in [0.25, 0.3) is 0 Å². The molecular formula is C17H14ClF2N5O. The van der Waals surface area contributed by atoms with Crippen molar-refractivity contribution in [1.29, 1.82) is 0 Å². The molecule has 0 fully saturated rings. The minimum atomic E-state index is -0.762. The van der Waals surface area contributed by atoms with Crippen molar-refractivity contribution in [3.05, 3.63) is 58.7 Å². The molecule has 2 N–H and O–H groups in total. The van der Waals surface area contributed by atoms with Gasteiger partial charge in [-0.1, -0.05) is 11.6 Å². The Bertz CT molecular complexity index is 954. The maximum atomic E-state index is 13.7. The van der Waals surface area contributed by atoms with Crippen LogP contribution in [-0.2, 0) is 0 Å². The number of rotatable bonds is 5. The smallest absolute Gasteiger partial charge is 0.249 e. The summed E-state index contributed by atoms with van der Waals surface area (Å²) in [5.74, 6) is -0.511. The number of nitrogens with zero attached hydrogens (tertiary/aromatic N) is 3. The highest BCUT2D eigenvalue weighted by molar-refractivity contribution is 6.31. The first kappa shape index (κ1) is 17.8. The van der Waals surface area contributed by atoms with E-state index >= 15 is 0 Å². The number of aryl methyl sites for hydroxylation is 1. The molecule has 2 aromatic carbocycles. The van der Waals surface area contributed by atoms with Gasteiger partial charge in [0.15, 0.2) is 5.82 Å². The van der Waals surface area contributed by atoms with Crippen LogP contribution in [-0.4, -0.2) is 22.3 Å². The van der Waals surface area contributed by atoms with Gasteiger partial charge in [-0.15, -0.1) is 5.10 Å². The zero-order valence-corrected chi connectivity index (χ0v) is 14.6. The summed E-state index contributed by atoms with van der Waals surface area (Å²) in [6, 6.07) is 6.62. The van der Waals surface area contributed by atoms with Crippen molar-refractivity contribution in [3.63, 3.8) is 0 Å². The molecule has 3 aromatic rings. The number of anilines is 4. The molecule has 26 heavy (non-hydrogen) atoms. The van der Waals surface area contributed by atoms with Gasteiger partial charge in [-0.05, 0) is 30.7 Å². The molecule has 0 radical (unpaired) electrons. The van der Waals surface area contributed by atoms with Crippen molar-refractivity contribution in [2.75, 3.05) is 17.7 Å². The van der Waals surface area contributed by atoms with Crippen LogP contribution in [0.4, 0.5) is 31.9 Å². The van der Waals surface area contributed by atoms with Gasteiger partial charge in [0.1, 0.15) is 17.4 Å². The lowest BCUT2D eigenvalue weighted by molar-refractivity contribution is 0.416. The van der Waals surface area contributed by atoms with Crippen molar-refractivity contribution < 1.29 is 13.5 Å². The van der Waals surface area contributed by atoms with Crippen LogP contribution in [0.2, 0.25) is 5.02 Å². The molecule has 0 amide bonds. The van der Waals surface area contributed by atoms with Crippen LogP contribution in [0.15, 0.2) is 36.5 Å². The molecule has 6 nitrogen and oxygen atoms in total. The van der Waals surface area contributed by atoms with E-state index in [0.717, 1.165) is 17.7 Å². The molecule has 1 heterocycles. The van der Waals surface area contributed by atoms with Gasteiger partial charge >= 0.3 is 0 Å². The zero-order valence-electron chi connectivity index (χ0n) is 13.8. The Hall–Kier alpha value is -3.00. The highest BCUT2D eigenvalue weighted by atomic mass is 35.5. The third-order valence-corrected chi connectivity index (χ3v) is 3.89. The third kappa shape index (κ3) is 3.97. The fourth-order valence-corrected chi connectivity index (χ4v) is 2.35. The summed E-state index contributed by atoms with van der Waals surface area (Å²) < 4.78 is 32.0. The Morgan fingerprint density at radius 1 is 1.08 bits per heavy atom. The SMILES string of the molecule is COc1cc(Cl)c(C)cc1Nc1cnnc(Nc2ccc(F)cc2F)n1. The molecule has 0 atom stereocenters. The van der Waals surface area contributed by atoms with E-state index in [2.05, 4.69) is 25.8 Å². The van der Waals surface area contributed by atoms with Crippen LogP contribution in [0.5, 0.6) is 5.75 Å². The largest absolute Gasteiger partial charge is 0.495 e. The third-order valence-electron chi connectivity index (χ3n) is 3.48. The second-order valence-corrected chi connectivity index (χ2v) is 5.75. The summed E-state index contributed by atoms with van der Waals surface area (Å²) in [5.41, 5.74) is 1.52. The maximum absolute atomic E-state index is 13.7.